The number of hydrogen-bond acceptors (Lipinski definition) is 5. The highest BCUT2D eigenvalue weighted by Crippen LogP contribution is 2.39. The Morgan fingerprint density at radius 2 is 1.95 bits per heavy atom. The number of methoxy groups -OCH3 is 1. The summed E-state index contributed by atoms with van der Waals surface area (Å²) in [7, 11) is 1.46. The molecule has 0 bridgehead atoms. The van der Waals surface area contributed by atoms with Crippen molar-refractivity contribution in [3.05, 3.63) is 22.7 Å². The van der Waals surface area contributed by atoms with Crippen LogP contribution in [0, 0.1) is 0 Å². The predicted octanol–water partition coefficient (Wildman–Crippen LogP) is 3.42. The number of ketones is 1. The molecule has 1 aliphatic rings. The monoisotopic (exact) mass is 326 g/mol. The van der Waals surface area contributed by atoms with Crippen molar-refractivity contribution in [2.24, 2.45) is 0 Å². The molecule has 2 rings (SSSR count). The molecule has 0 aromatic heterocycles. The number of carbonyl (C=O) groups is 2. The van der Waals surface area contributed by atoms with Crippen molar-refractivity contribution in [1.82, 2.24) is 0 Å². The van der Waals surface area contributed by atoms with E-state index in [0.29, 0.717) is 11.5 Å². The van der Waals surface area contributed by atoms with Gasteiger partial charge in [0.15, 0.2) is 11.5 Å². The van der Waals surface area contributed by atoms with Crippen LogP contribution in [0.2, 0.25) is 5.02 Å². The zero-order chi connectivity index (χ0) is 16.1. The summed E-state index contributed by atoms with van der Waals surface area (Å²) < 4.78 is 15.8. The molecule has 0 radical (unpaired) electrons. The minimum Gasteiger partial charge on any atom is -0.493 e. The molecular formula is C16H19ClO5. The van der Waals surface area contributed by atoms with Crippen molar-refractivity contribution in [3.8, 4) is 11.5 Å². The van der Waals surface area contributed by atoms with Crippen LogP contribution in [-0.4, -0.2) is 31.6 Å². The molecular weight excluding hydrogens is 308 g/mol. The van der Waals surface area contributed by atoms with E-state index in [1.54, 1.807) is 6.92 Å². The summed E-state index contributed by atoms with van der Waals surface area (Å²) >= 11 is 6.21. The first-order valence-corrected chi connectivity index (χ1v) is 7.70. The van der Waals surface area contributed by atoms with Crippen molar-refractivity contribution in [1.29, 1.82) is 0 Å². The summed E-state index contributed by atoms with van der Waals surface area (Å²) in [6.07, 6.45) is 4.32. The molecule has 0 unspecified atom stereocenters. The largest absolute Gasteiger partial charge is 0.493 e. The number of ether oxygens (including phenoxy) is 3. The Hall–Kier alpha value is -1.75. The molecule has 22 heavy (non-hydrogen) atoms. The van der Waals surface area contributed by atoms with Crippen LogP contribution in [0.4, 0.5) is 0 Å². The minimum atomic E-state index is -0.912. The fraction of sp³-hybridized carbons (Fsp3) is 0.500. The normalized spacial score (nSPS) is 14.7. The molecule has 1 saturated carbocycles. The van der Waals surface area contributed by atoms with Gasteiger partial charge in [0.2, 0.25) is 0 Å². The van der Waals surface area contributed by atoms with E-state index in [9.17, 15) is 9.59 Å². The van der Waals surface area contributed by atoms with Crippen LogP contribution in [0.25, 0.3) is 0 Å². The Balaban J connectivity index is 2.26. The van der Waals surface area contributed by atoms with Gasteiger partial charge in [0, 0.05) is 5.56 Å². The van der Waals surface area contributed by atoms with Gasteiger partial charge in [-0.3, -0.25) is 4.79 Å². The average Bonchev–Trinajstić information content (AvgIpc) is 3.01. The molecule has 6 heteroatoms. The quantitative estimate of drug-likeness (QED) is 0.455. The average molecular weight is 327 g/mol. The van der Waals surface area contributed by atoms with Crippen LogP contribution in [0.5, 0.6) is 11.5 Å². The van der Waals surface area contributed by atoms with Crippen LogP contribution in [0.3, 0.4) is 0 Å². The Kier molecular flexibility index (Phi) is 5.66. The Labute approximate surface area is 134 Å². The van der Waals surface area contributed by atoms with Crippen molar-refractivity contribution >= 4 is 23.4 Å². The topological polar surface area (TPSA) is 61.8 Å². The minimum absolute atomic E-state index is 0.109. The summed E-state index contributed by atoms with van der Waals surface area (Å²) in [6.45, 7) is 1.77. The molecule has 120 valence electrons. The fourth-order valence-electron chi connectivity index (χ4n) is 2.45. The zero-order valence-electron chi connectivity index (χ0n) is 12.7. The molecule has 0 amide bonds. The summed E-state index contributed by atoms with van der Waals surface area (Å²) in [5, 5.41) is 0.249. The van der Waals surface area contributed by atoms with Gasteiger partial charge >= 0.3 is 5.97 Å². The maximum absolute atomic E-state index is 12.0. The number of Topliss-reactive ketones (excluding diaryl/α,β-unsaturated/α-hetero) is 1. The van der Waals surface area contributed by atoms with E-state index < -0.39 is 11.8 Å². The molecule has 0 saturated heterocycles. The summed E-state index contributed by atoms with van der Waals surface area (Å²) in [4.78, 5) is 23.5. The van der Waals surface area contributed by atoms with E-state index in [0.717, 1.165) is 25.7 Å². The Morgan fingerprint density at radius 1 is 1.27 bits per heavy atom. The lowest BCUT2D eigenvalue weighted by Gasteiger charge is -2.17. The maximum atomic E-state index is 12.0. The second-order valence-electron chi connectivity index (χ2n) is 5.06. The van der Waals surface area contributed by atoms with Gasteiger partial charge < -0.3 is 14.2 Å². The van der Waals surface area contributed by atoms with Crippen LogP contribution in [0.1, 0.15) is 43.0 Å². The number of halogens is 1. The van der Waals surface area contributed by atoms with E-state index >= 15 is 0 Å². The van der Waals surface area contributed by atoms with Crippen LogP contribution >= 0.6 is 11.6 Å². The third-order valence-electron chi connectivity index (χ3n) is 3.54. The predicted molar refractivity (Wildman–Crippen MR) is 81.9 cm³/mol. The number of rotatable bonds is 6. The molecule has 1 aliphatic carbocycles. The van der Waals surface area contributed by atoms with Gasteiger partial charge in [0.25, 0.3) is 5.78 Å². The van der Waals surface area contributed by atoms with Crippen LogP contribution < -0.4 is 9.47 Å². The highest BCUT2D eigenvalue weighted by atomic mass is 35.5. The lowest BCUT2D eigenvalue weighted by molar-refractivity contribution is -0.137. The van der Waals surface area contributed by atoms with Gasteiger partial charge in [-0.15, -0.1) is 0 Å². The molecule has 5 nitrogen and oxygen atoms in total. The second-order valence-corrected chi connectivity index (χ2v) is 5.47. The Morgan fingerprint density at radius 3 is 2.55 bits per heavy atom. The Bertz CT molecular complexity index is 564. The van der Waals surface area contributed by atoms with E-state index in [1.807, 2.05) is 0 Å². The van der Waals surface area contributed by atoms with E-state index in [4.69, 9.17) is 25.8 Å². The fourth-order valence-corrected chi connectivity index (χ4v) is 2.71. The number of benzene rings is 1. The van der Waals surface area contributed by atoms with E-state index in [1.165, 1.54) is 19.2 Å². The lowest BCUT2D eigenvalue weighted by Crippen LogP contribution is -2.18. The molecule has 0 atom stereocenters. The molecule has 1 aromatic carbocycles. The lowest BCUT2D eigenvalue weighted by atomic mass is 10.1. The van der Waals surface area contributed by atoms with Gasteiger partial charge in [-0.25, -0.2) is 4.79 Å². The van der Waals surface area contributed by atoms with Gasteiger partial charge in [-0.2, -0.15) is 0 Å². The van der Waals surface area contributed by atoms with E-state index in [2.05, 4.69) is 0 Å². The number of carbonyl (C=O) groups excluding carboxylic acids is 2. The van der Waals surface area contributed by atoms with Gasteiger partial charge in [-0.05, 0) is 44.7 Å². The molecule has 0 heterocycles. The van der Waals surface area contributed by atoms with Gasteiger partial charge in [0.1, 0.15) is 0 Å². The first kappa shape index (κ1) is 16.6. The van der Waals surface area contributed by atoms with Crippen LogP contribution in [0.15, 0.2) is 12.1 Å². The van der Waals surface area contributed by atoms with Crippen LogP contribution in [-0.2, 0) is 9.53 Å². The first-order chi connectivity index (χ1) is 10.6. The van der Waals surface area contributed by atoms with Gasteiger partial charge in [-0.1, -0.05) is 11.6 Å². The molecule has 0 N–H and O–H groups in total. The maximum Gasteiger partial charge on any atom is 0.379 e. The van der Waals surface area contributed by atoms with Crippen molar-refractivity contribution in [2.45, 2.75) is 38.7 Å². The smallest absolute Gasteiger partial charge is 0.379 e. The molecule has 1 fully saturated rings. The number of esters is 1. The summed E-state index contributed by atoms with van der Waals surface area (Å²) in [6, 6.07) is 2.86. The zero-order valence-corrected chi connectivity index (χ0v) is 13.4. The number of hydrogen-bond donors (Lipinski definition) is 0. The van der Waals surface area contributed by atoms with E-state index in [-0.39, 0.29) is 23.3 Å². The highest BCUT2D eigenvalue weighted by Gasteiger charge is 2.24. The first-order valence-electron chi connectivity index (χ1n) is 7.32. The molecule has 1 aromatic rings. The second kappa shape index (κ2) is 7.49. The standard InChI is InChI=1S/C16H19ClO5/c1-3-21-16(19)14(18)10-8-12(17)15(13(9-10)20-2)22-11-6-4-5-7-11/h8-9,11H,3-7H2,1-2H3. The molecule has 0 aliphatic heterocycles. The van der Waals surface area contributed by atoms with Gasteiger partial charge in [0.05, 0.1) is 24.8 Å². The SMILES string of the molecule is CCOC(=O)C(=O)c1cc(Cl)c(OC2CCCC2)c(OC)c1. The van der Waals surface area contributed by atoms with Crippen molar-refractivity contribution in [3.63, 3.8) is 0 Å². The van der Waals surface area contributed by atoms with Crippen molar-refractivity contribution in [2.75, 3.05) is 13.7 Å². The summed E-state index contributed by atoms with van der Waals surface area (Å²) in [5.74, 6) is -0.914. The third kappa shape index (κ3) is 3.71. The summed E-state index contributed by atoms with van der Waals surface area (Å²) in [5.41, 5.74) is 0.124. The highest BCUT2D eigenvalue weighted by molar-refractivity contribution is 6.41. The van der Waals surface area contributed by atoms with Crippen molar-refractivity contribution < 1.29 is 23.8 Å². The molecule has 0 spiro atoms. The third-order valence-corrected chi connectivity index (χ3v) is 3.82.